The van der Waals surface area contributed by atoms with Crippen molar-refractivity contribution in [2.45, 2.75) is 20.3 Å². The van der Waals surface area contributed by atoms with Gasteiger partial charge in [-0.25, -0.2) is 4.98 Å². The Labute approximate surface area is 111 Å². The molecule has 0 fully saturated rings. The zero-order valence-electron chi connectivity index (χ0n) is 11.3. The summed E-state index contributed by atoms with van der Waals surface area (Å²) in [4.78, 5) is 27.0. The first-order valence-corrected chi connectivity index (χ1v) is 5.95. The normalized spacial score (nSPS) is 13.4. The van der Waals surface area contributed by atoms with E-state index in [1.807, 2.05) is 0 Å². The number of aliphatic carboxylic acids is 1. The fourth-order valence-corrected chi connectivity index (χ4v) is 1.45. The van der Waals surface area contributed by atoms with E-state index in [9.17, 15) is 9.59 Å². The summed E-state index contributed by atoms with van der Waals surface area (Å²) in [6.45, 7) is 3.41. The smallest absolute Gasteiger partial charge is 0.311 e. The van der Waals surface area contributed by atoms with Gasteiger partial charge in [0.05, 0.1) is 12.5 Å². The molecular weight excluding hydrogens is 248 g/mol. The number of rotatable bonds is 6. The third-order valence-corrected chi connectivity index (χ3v) is 3.14. The molecule has 19 heavy (non-hydrogen) atoms. The van der Waals surface area contributed by atoms with Gasteiger partial charge in [-0.2, -0.15) is 0 Å². The van der Waals surface area contributed by atoms with Gasteiger partial charge in [-0.3, -0.25) is 9.59 Å². The van der Waals surface area contributed by atoms with E-state index >= 15 is 0 Å². The SMILES string of the molecule is CCC(C)(CNC(=O)c1cccnc1OC)C(=O)O. The van der Waals surface area contributed by atoms with Gasteiger partial charge in [-0.05, 0) is 25.5 Å². The number of aromatic nitrogens is 1. The average molecular weight is 266 g/mol. The Morgan fingerprint density at radius 2 is 2.21 bits per heavy atom. The number of carbonyl (C=O) groups excluding carboxylic acids is 1. The van der Waals surface area contributed by atoms with Crippen LogP contribution in [0.2, 0.25) is 0 Å². The lowest BCUT2D eigenvalue weighted by atomic mass is 9.87. The van der Waals surface area contributed by atoms with Gasteiger partial charge >= 0.3 is 5.97 Å². The zero-order valence-corrected chi connectivity index (χ0v) is 11.3. The Morgan fingerprint density at radius 1 is 1.53 bits per heavy atom. The number of nitrogens with one attached hydrogen (secondary N) is 1. The Bertz CT molecular complexity index is 475. The second-order valence-electron chi connectivity index (χ2n) is 4.46. The largest absolute Gasteiger partial charge is 0.481 e. The Kier molecular flexibility index (Phi) is 4.86. The number of methoxy groups -OCH3 is 1. The number of ether oxygens (including phenoxy) is 1. The van der Waals surface area contributed by atoms with Crippen molar-refractivity contribution in [2.24, 2.45) is 5.41 Å². The van der Waals surface area contributed by atoms with Gasteiger partial charge in [0.25, 0.3) is 5.91 Å². The predicted molar refractivity (Wildman–Crippen MR) is 69.2 cm³/mol. The molecule has 1 atom stereocenters. The van der Waals surface area contributed by atoms with E-state index in [1.165, 1.54) is 13.3 Å². The highest BCUT2D eigenvalue weighted by Crippen LogP contribution is 2.20. The minimum atomic E-state index is -0.981. The molecule has 1 aromatic rings. The maximum atomic E-state index is 12.0. The van der Waals surface area contributed by atoms with Crippen molar-refractivity contribution in [3.05, 3.63) is 23.9 Å². The minimum absolute atomic E-state index is 0.0513. The summed E-state index contributed by atoms with van der Waals surface area (Å²) >= 11 is 0. The lowest BCUT2D eigenvalue weighted by Crippen LogP contribution is -2.40. The zero-order chi connectivity index (χ0) is 14.5. The molecule has 1 aromatic heterocycles. The first kappa shape index (κ1) is 14.9. The van der Waals surface area contributed by atoms with Crippen LogP contribution < -0.4 is 10.1 Å². The Morgan fingerprint density at radius 3 is 2.74 bits per heavy atom. The van der Waals surface area contributed by atoms with Crippen LogP contribution in [0.5, 0.6) is 5.88 Å². The van der Waals surface area contributed by atoms with E-state index in [1.54, 1.807) is 26.0 Å². The van der Waals surface area contributed by atoms with E-state index in [-0.39, 0.29) is 18.0 Å². The lowest BCUT2D eigenvalue weighted by molar-refractivity contribution is -0.147. The number of carboxylic acid groups (broad SMARTS) is 1. The summed E-state index contributed by atoms with van der Waals surface area (Å²) in [5.74, 6) is -1.12. The van der Waals surface area contributed by atoms with Gasteiger partial charge in [-0.15, -0.1) is 0 Å². The molecule has 1 rings (SSSR count). The van der Waals surface area contributed by atoms with Crippen LogP contribution in [0.3, 0.4) is 0 Å². The molecule has 0 saturated carbocycles. The van der Waals surface area contributed by atoms with Crippen molar-refractivity contribution in [3.63, 3.8) is 0 Å². The van der Waals surface area contributed by atoms with Crippen molar-refractivity contribution in [2.75, 3.05) is 13.7 Å². The number of hydrogen-bond acceptors (Lipinski definition) is 4. The van der Waals surface area contributed by atoms with E-state index in [4.69, 9.17) is 9.84 Å². The molecule has 0 aliphatic heterocycles. The summed E-state index contributed by atoms with van der Waals surface area (Å²) in [5, 5.41) is 11.7. The number of amides is 1. The standard InChI is InChI=1S/C13H18N2O4/c1-4-13(2,12(17)18)8-15-10(16)9-6-5-7-14-11(9)19-3/h5-7H,4,8H2,1-3H3,(H,15,16)(H,17,18). The van der Waals surface area contributed by atoms with Crippen LogP contribution in [-0.4, -0.2) is 35.6 Å². The molecule has 0 bridgehead atoms. The second-order valence-corrected chi connectivity index (χ2v) is 4.46. The van der Waals surface area contributed by atoms with Crippen LogP contribution in [-0.2, 0) is 4.79 Å². The molecular formula is C13H18N2O4. The molecule has 0 aliphatic carbocycles. The summed E-state index contributed by atoms with van der Waals surface area (Å²) in [6, 6.07) is 3.19. The first-order valence-electron chi connectivity index (χ1n) is 5.95. The van der Waals surface area contributed by atoms with Crippen molar-refractivity contribution < 1.29 is 19.4 Å². The topological polar surface area (TPSA) is 88.5 Å². The van der Waals surface area contributed by atoms with Crippen molar-refractivity contribution in [3.8, 4) is 5.88 Å². The molecule has 1 unspecified atom stereocenters. The monoisotopic (exact) mass is 266 g/mol. The molecule has 0 radical (unpaired) electrons. The van der Waals surface area contributed by atoms with Crippen LogP contribution in [0.15, 0.2) is 18.3 Å². The summed E-state index contributed by atoms with van der Waals surface area (Å²) < 4.78 is 4.98. The van der Waals surface area contributed by atoms with Crippen LogP contribution in [0.4, 0.5) is 0 Å². The van der Waals surface area contributed by atoms with Gasteiger partial charge in [-0.1, -0.05) is 6.92 Å². The summed E-state index contributed by atoms with van der Waals surface area (Å²) in [6.07, 6.45) is 1.94. The van der Waals surface area contributed by atoms with Crippen molar-refractivity contribution >= 4 is 11.9 Å². The van der Waals surface area contributed by atoms with E-state index in [0.29, 0.717) is 6.42 Å². The van der Waals surface area contributed by atoms with Crippen LogP contribution in [0.25, 0.3) is 0 Å². The summed E-state index contributed by atoms with van der Waals surface area (Å²) in [7, 11) is 1.42. The van der Waals surface area contributed by atoms with Gasteiger partial charge in [0.15, 0.2) is 0 Å². The van der Waals surface area contributed by atoms with Crippen molar-refractivity contribution in [1.82, 2.24) is 10.3 Å². The molecule has 0 spiro atoms. The number of pyridine rings is 1. The fraction of sp³-hybridized carbons (Fsp3) is 0.462. The van der Waals surface area contributed by atoms with Crippen LogP contribution in [0.1, 0.15) is 30.6 Å². The average Bonchev–Trinajstić information content (AvgIpc) is 2.43. The molecule has 2 N–H and O–H groups in total. The predicted octanol–water partition coefficient (Wildman–Crippen LogP) is 1.32. The molecule has 1 amide bonds. The van der Waals surface area contributed by atoms with Gasteiger partial charge in [0, 0.05) is 12.7 Å². The molecule has 6 heteroatoms. The van der Waals surface area contributed by atoms with Crippen LogP contribution in [0, 0.1) is 5.41 Å². The molecule has 104 valence electrons. The van der Waals surface area contributed by atoms with E-state index in [0.717, 1.165) is 0 Å². The first-order chi connectivity index (χ1) is 8.94. The number of carbonyl (C=O) groups is 2. The highest BCUT2D eigenvalue weighted by atomic mass is 16.5. The summed E-state index contributed by atoms with van der Waals surface area (Å²) in [5.41, 5.74) is -0.695. The third-order valence-electron chi connectivity index (χ3n) is 3.14. The van der Waals surface area contributed by atoms with Gasteiger partial charge < -0.3 is 15.2 Å². The number of nitrogens with zero attached hydrogens (tertiary/aromatic N) is 1. The second kappa shape index (κ2) is 6.17. The van der Waals surface area contributed by atoms with E-state index in [2.05, 4.69) is 10.3 Å². The number of hydrogen-bond donors (Lipinski definition) is 2. The van der Waals surface area contributed by atoms with Crippen LogP contribution >= 0.6 is 0 Å². The van der Waals surface area contributed by atoms with Gasteiger partial charge in [0.1, 0.15) is 5.56 Å². The molecule has 6 nitrogen and oxygen atoms in total. The third kappa shape index (κ3) is 3.43. The molecule has 0 aliphatic rings. The maximum absolute atomic E-state index is 12.0. The Hall–Kier alpha value is -2.11. The van der Waals surface area contributed by atoms with E-state index < -0.39 is 17.3 Å². The highest BCUT2D eigenvalue weighted by molar-refractivity contribution is 5.96. The molecule has 0 aromatic carbocycles. The maximum Gasteiger partial charge on any atom is 0.311 e. The highest BCUT2D eigenvalue weighted by Gasteiger charge is 2.31. The minimum Gasteiger partial charge on any atom is -0.481 e. The molecule has 0 saturated heterocycles. The number of carboxylic acids is 1. The van der Waals surface area contributed by atoms with Crippen molar-refractivity contribution in [1.29, 1.82) is 0 Å². The Balaban J connectivity index is 2.78. The quantitative estimate of drug-likeness (QED) is 0.810. The molecule has 1 heterocycles. The van der Waals surface area contributed by atoms with Gasteiger partial charge in [0.2, 0.25) is 5.88 Å². The fourth-order valence-electron chi connectivity index (χ4n) is 1.45. The lowest BCUT2D eigenvalue weighted by Gasteiger charge is -2.23.